The van der Waals surface area contributed by atoms with E-state index >= 15 is 0 Å². The summed E-state index contributed by atoms with van der Waals surface area (Å²) in [7, 11) is 1.71. The lowest BCUT2D eigenvalue weighted by Crippen LogP contribution is -2.37. The number of hydrogen-bond acceptors (Lipinski definition) is 5. The number of rotatable bonds is 4. The van der Waals surface area contributed by atoms with E-state index in [1.807, 2.05) is 0 Å². The van der Waals surface area contributed by atoms with Crippen LogP contribution in [-0.4, -0.2) is 38.5 Å². The first-order chi connectivity index (χ1) is 12.9. The molecule has 0 saturated carbocycles. The molecule has 0 N–H and O–H groups in total. The van der Waals surface area contributed by atoms with Crippen LogP contribution in [0.4, 0.5) is 0 Å². The Balaban J connectivity index is 1.62. The van der Waals surface area contributed by atoms with Crippen LogP contribution in [0.25, 0.3) is 10.9 Å². The van der Waals surface area contributed by atoms with Crippen LogP contribution in [0.2, 0.25) is 5.02 Å². The predicted octanol–water partition coefficient (Wildman–Crippen LogP) is 3.03. The first-order valence-corrected chi connectivity index (χ1v) is 8.57. The largest absolute Gasteiger partial charge is 0.289 e. The minimum atomic E-state index is -1.09. The molecule has 136 valence electrons. The average Bonchev–Trinajstić information content (AvgIpc) is 3.11. The van der Waals surface area contributed by atoms with Crippen molar-refractivity contribution in [3.05, 3.63) is 64.3 Å². The van der Waals surface area contributed by atoms with Crippen molar-refractivity contribution in [2.45, 2.75) is 13.0 Å². The molecule has 1 aliphatic heterocycles. The van der Waals surface area contributed by atoms with Gasteiger partial charge in [-0.3, -0.25) is 23.9 Å². The van der Waals surface area contributed by atoms with Crippen LogP contribution in [0.5, 0.6) is 0 Å². The normalized spacial score (nSPS) is 14.7. The molecule has 0 fully saturated rings. The van der Waals surface area contributed by atoms with Crippen LogP contribution in [0, 0.1) is 0 Å². The number of fused-ring (bicyclic) bond motifs is 2. The summed E-state index contributed by atoms with van der Waals surface area (Å²) in [5.74, 6) is -1.65. The van der Waals surface area contributed by atoms with Gasteiger partial charge >= 0.3 is 0 Å². The highest BCUT2D eigenvalue weighted by molar-refractivity contribution is 6.31. The third-order valence-corrected chi connectivity index (χ3v) is 4.67. The van der Waals surface area contributed by atoms with Crippen molar-refractivity contribution in [3.63, 3.8) is 0 Å². The number of nitrogens with zero attached hydrogens (tertiary/aromatic N) is 3. The van der Waals surface area contributed by atoms with Gasteiger partial charge in [0, 0.05) is 17.5 Å². The fraction of sp³-hybridized carbons (Fsp3) is 0.158. The molecule has 1 aromatic heterocycles. The van der Waals surface area contributed by atoms with E-state index in [1.165, 1.54) is 6.92 Å². The van der Waals surface area contributed by atoms with E-state index in [9.17, 15) is 14.4 Å². The van der Waals surface area contributed by atoms with Crippen molar-refractivity contribution in [2.24, 2.45) is 7.05 Å². The molecule has 1 unspecified atom stereocenters. The zero-order chi connectivity index (χ0) is 19.3. The smallest absolute Gasteiger partial charge is 0.285 e. The van der Waals surface area contributed by atoms with Crippen molar-refractivity contribution in [1.29, 1.82) is 0 Å². The molecule has 0 aliphatic carbocycles. The Labute approximate surface area is 159 Å². The average molecular weight is 384 g/mol. The van der Waals surface area contributed by atoms with E-state index in [1.54, 1.807) is 54.2 Å². The number of aromatic nitrogens is 2. The number of hydrogen-bond donors (Lipinski definition) is 0. The second-order valence-electron chi connectivity index (χ2n) is 6.20. The van der Waals surface area contributed by atoms with E-state index in [-0.39, 0.29) is 16.8 Å². The third-order valence-electron chi connectivity index (χ3n) is 4.44. The summed E-state index contributed by atoms with van der Waals surface area (Å²) in [6, 6.07) is 11.5. The minimum absolute atomic E-state index is 0.166. The van der Waals surface area contributed by atoms with Crippen LogP contribution < -0.4 is 0 Å². The van der Waals surface area contributed by atoms with Gasteiger partial charge in [-0.15, -0.1) is 5.06 Å². The fourth-order valence-corrected chi connectivity index (χ4v) is 3.25. The molecular formula is C19H14ClN3O4. The monoisotopic (exact) mass is 383 g/mol. The van der Waals surface area contributed by atoms with E-state index in [2.05, 4.69) is 5.10 Å². The SMILES string of the molecule is CC(ON1C(=O)c2ccccc2C1=O)C(=O)c1nn(C)c2ccc(Cl)cc12. The molecule has 1 aliphatic rings. The third kappa shape index (κ3) is 2.72. The van der Waals surface area contributed by atoms with Gasteiger partial charge in [-0.2, -0.15) is 5.10 Å². The Hall–Kier alpha value is -3.03. The highest BCUT2D eigenvalue weighted by atomic mass is 35.5. The quantitative estimate of drug-likeness (QED) is 0.511. The maximum atomic E-state index is 12.9. The molecule has 2 amide bonds. The Morgan fingerprint density at radius 1 is 1.11 bits per heavy atom. The number of aryl methyl sites for hydroxylation is 1. The molecule has 0 spiro atoms. The second kappa shape index (κ2) is 6.29. The molecule has 0 bridgehead atoms. The first-order valence-electron chi connectivity index (χ1n) is 8.19. The molecule has 4 rings (SSSR count). The molecule has 0 saturated heterocycles. The van der Waals surface area contributed by atoms with Crippen LogP contribution >= 0.6 is 11.6 Å². The Kier molecular flexibility index (Phi) is 4.05. The number of amides is 2. The summed E-state index contributed by atoms with van der Waals surface area (Å²) in [6.07, 6.45) is -1.09. The van der Waals surface area contributed by atoms with E-state index in [0.29, 0.717) is 15.5 Å². The molecule has 2 aromatic carbocycles. The molecule has 3 aromatic rings. The van der Waals surface area contributed by atoms with Crippen LogP contribution in [0.3, 0.4) is 0 Å². The van der Waals surface area contributed by atoms with Crippen molar-refractivity contribution < 1.29 is 19.2 Å². The maximum Gasteiger partial charge on any atom is 0.285 e. The van der Waals surface area contributed by atoms with Gasteiger partial charge < -0.3 is 0 Å². The second-order valence-corrected chi connectivity index (χ2v) is 6.63. The molecule has 27 heavy (non-hydrogen) atoms. The minimum Gasteiger partial charge on any atom is -0.289 e. The zero-order valence-electron chi connectivity index (χ0n) is 14.5. The molecule has 0 radical (unpaired) electrons. The van der Waals surface area contributed by atoms with Crippen LogP contribution in [-0.2, 0) is 11.9 Å². The lowest BCUT2D eigenvalue weighted by atomic mass is 10.1. The van der Waals surface area contributed by atoms with Crippen molar-refractivity contribution >= 4 is 40.1 Å². The summed E-state index contributed by atoms with van der Waals surface area (Å²) in [4.78, 5) is 43.1. The van der Waals surface area contributed by atoms with Gasteiger partial charge in [0.05, 0.1) is 16.6 Å². The van der Waals surface area contributed by atoms with Gasteiger partial charge in [0.1, 0.15) is 11.8 Å². The topological polar surface area (TPSA) is 81.5 Å². The first kappa shape index (κ1) is 17.4. The van der Waals surface area contributed by atoms with E-state index in [0.717, 1.165) is 5.52 Å². The fourth-order valence-electron chi connectivity index (χ4n) is 3.08. The van der Waals surface area contributed by atoms with Crippen molar-refractivity contribution in [2.75, 3.05) is 0 Å². The number of carbonyl (C=O) groups is 3. The van der Waals surface area contributed by atoms with Crippen molar-refractivity contribution in [1.82, 2.24) is 14.8 Å². The van der Waals surface area contributed by atoms with Crippen molar-refractivity contribution in [3.8, 4) is 0 Å². The van der Waals surface area contributed by atoms with Gasteiger partial charge in [0.25, 0.3) is 11.8 Å². The zero-order valence-corrected chi connectivity index (χ0v) is 15.2. The standard InChI is InChI=1S/C19H14ClN3O4/c1-10(27-23-18(25)12-5-3-4-6-13(12)19(23)26)17(24)16-14-9-11(20)7-8-15(14)22(2)21-16/h3-10H,1-2H3. The van der Waals surface area contributed by atoms with Gasteiger partial charge in [0.15, 0.2) is 0 Å². The summed E-state index contributed by atoms with van der Waals surface area (Å²) in [5.41, 5.74) is 1.39. The molecule has 8 heteroatoms. The molecule has 7 nitrogen and oxygen atoms in total. The molecule has 2 heterocycles. The highest BCUT2D eigenvalue weighted by Gasteiger charge is 2.39. The number of hydroxylamine groups is 2. The highest BCUT2D eigenvalue weighted by Crippen LogP contribution is 2.26. The Morgan fingerprint density at radius 2 is 1.74 bits per heavy atom. The lowest BCUT2D eigenvalue weighted by molar-refractivity contribution is -0.112. The summed E-state index contributed by atoms with van der Waals surface area (Å²) >= 11 is 6.03. The Bertz CT molecular complexity index is 1090. The Morgan fingerprint density at radius 3 is 2.37 bits per heavy atom. The lowest BCUT2D eigenvalue weighted by Gasteiger charge is -2.17. The van der Waals surface area contributed by atoms with Gasteiger partial charge in [-0.05, 0) is 37.3 Å². The number of carbonyl (C=O) groups excluding carboxylic acids is 3. The van der Waals surface area contributed by atoms with Crippen LogP contribution in [0.1, 0.15) is 38.1 Å². The van der Waals surface area contributed by atoms with Crippen LogP contribution in [0.15, 0.2) is 42.5 Å². The predicted molar refractivity (Wildman–Crippen MR) is 97.5 cm³/mol. The van der Waals surface area contributed by atoms with E-state index in [4.69, 9.17) is 16.4 Å². The van der Waals surface area contributed by atoms with Gasteiger partial charge in [-0.1, -0.05) is 23.7 Å². The number of benzene rings is 2. The number of imide groups is 1. The summed E-state index contributed by atoms with van der Waals surface area (Å²) in [6.45, 7) is 1.47. The molecule has 1 atom stereocenters. The summed E-state index contributed by atoms with van der Waals surface area (Å²) in [5, 5.41) is 5.92. The maximum absolute atomic E-state index is 12.9. The number of ketones is 1. The van der Waals surface area contributed by atoms with Gasteiger partial charge in [0.2, 0.25) is 5.78 Å². The van der Waals surface area contributed by atoms with Gasteiger partial charge in [-0.25, -0.2) is 0 Å². The number of halogens is 1. The van der Waals surface area contributed by atoms with E-state index < -0.39 is 23.7 Å². The molecular weight excluding hydrogens is 370 g/mol. The number of Topliss-reactive ketones (excluding diaryl/α,β-unsaturated/α-hetero) is 1. The summed E-state index contributed by atoms with van der Waals surface area (Å²) < 4.78 is 1.56.